The number of aromatic amines is 1. The zero-order chi connectivity index (χ0) is 21.3. The number of ketones is 2. The molecule has 1 N–H and O–H groups in total. The Balaban J connectivity index is 1.63. The third-order valence-corrected chi connectivity index (χ3v) is 5.17. The predicted molar refractivity (Wildman–Crippen MR) is 102 cm³/mol. The van der Waals surface area contributed by atoms with E-state index in [1.807, 2.05) is 0 Å². The number of hydrogen-bond donors (Lipinski definition) is 1. The normalized spacial score (nSPS) is 17.4. The number of ether oxygens (including phenoxy) is 1. The van der Waals surface area contributed by atoms with E-state index in [4.69, 9.17) is 9.15 Å². The number of carbonyl (C=O) groups excluding carboxylic acids is 4. The molecule has 0 bridgehead atoms. The standard InChI is InChI=1S/C21H24N2O6/c1-11-18(13(3)24)12(2)22-19(11)20(26)14(4)29-21(27)15-8-17(25)23(9-15)10-16-6-5-7-28-16/h5-7,14-15,22H,8-10H2,1-4H3/t14-,15-/m0/s1. The molecule has 1 amide bonds. The number of nitrogens with one attached hydrogen (secondary N) is 1. The fourth-order valence-corrected chi connectivity index (χ4v) is 3.73. The zero-order valence-corrected chi connectivity index (χ0v) is 16.9. The minimum absolute atomic E-state index is 0.0373. The number of nitrogens with zero attached hydrogens (tertiary/aromatic N) is 1. The van der Waals surface area contributed by atoms with Gasteiger partial charge in [-0.15, -0.1) is 0 Å². The molecule has 2 aromatic heterocycles. The number of aryl methyl sites for hydroxylation is 1. The highest BCUT2D eigenvalue weighted by molar-refractivity contribution is 6.05. The highest BCUT2D eigenvalue weighted by atomic mass is 16.5. The van der Waals surface area contributed by atoms with Gasteiger partial charge in [0.05, 0.1) is 24.4 Å². The second kappa shape index (κ2) is 8.06. The highest BCUT2D eigenvalue weighted by Crippen LogP contribution is 2.24. The lowest BCUT2D eigenvalue weighted by atomic mass is 10.0. The summed E-state index contributed by atoms with van der Waals surface area (Å²) >= 11 is 0. The van der Waals surface area contributed by atoms with Gasteiger partial charge in [0.2, 0.25) is 11.7 Å². The average Bonchev–Trinajstić information content (AvgIpc) is 3.35. The first kappa shape index (κ1) is 20.6. The first-order chi connectivity index (χ1) is 13.7. The average molecular weight is 400 g/mol. The molecule has 1 aliphatic rings. The lowest BCUT2D eigenvalue weighted by Crippen LogP contribution is -2.30. The van der Waals surface area contributed by atoms with Gasteiger partial charge in [0.25, 0.3) is 0 Å². The Kier molecular flexibility index (Phi) is 5.72. The molecule has 1 aliphatic heterocycles. The summed E-state index contributed by atoms with van der Waals surface area (Å²) in [5.74, 6) is -1.30. The van der Waals surface area contributed by atoms with Crippen molar-refractivity contribution in [2.45, 2.75) is 46.8 Å². The number of Topliss-reactive ketones (excluding diaryl/α,β-unsaturated/α-hetero) is 2. The van der Waals surface area contributed by atoms with Crippen molar-refractivity contribution in [3.05, 3.63) is 46.7 Å². The van der Waals surface area contributed by atoms with E-state index in [1.54, 1.807) is 26.0 Å². The second-order valence-corrected chi connectivity index (χ2v) is 7.38. The zero-order valence-electron chi connectivity index (χ0n) is 16.9. The SMILES string of the molecule is CC(=O)c1c(C)[nH]c(C(=O)[C@H](C)OC(=O)[C@H]2CC(=O)N(Cc3ccco3)C2)c1C. The second-order valence-electron chi connectivity index (χ2n) is 7.38. The van der Waals surface area contributed by atoms with Crippen molar-refractivity contribution in [3.8, 4) is 0 Å². The molecule has 1 saturated heterocycles. The van der Waals surface area contributed by atoms with Gasteiger partial charge in [-0.2, -0.15) is 0 Å². The molecule has 8 heteroatoms. The largest absolute Gasteiger partial charge is 0.467 e. The van der Waals surface area contributed by atoms with Gasteiger partial charge in [-0.25, -0.2) is 0 Å². The van der Waals surface area contributed by atoms with Gasteiger partial charge in [-0.3, -0.25) is 19.2 Å². The fraction of sp³-hybridized carbons (Fsp3) is 0.429. The Hall–Kier alpha value is -3.16. The highest BCUT2D eigenvalue weighted by Gasteiger charge is 2.37. The molecule has 0 spiro atoms. The lowest BCUT2D eigenvalue weighted by Gasteiger charge is -2.16. The predicted octanol–water partition coefficient (Wildman–Crippen LogP) is 2.59. The van der Waals surface area contributed by atoms with Crippen LogP contribution in [0.5, 0.6) is 0 Å². The van der Waals surface area contributed by atoms with E-state index in [0.717, 1.165) is 0 Å². The van der Waals surface area contributed by atoms with E-state index in [2.05, 4.69) is 4.98 Å². The topological polar surface area (TPSA) is 110 Å². The fourth-order valence-electron chi connectivity index (χ4n) is 3.73. The molecule has 2 atom stereocenters. The van der Waals surface area contributed by atoms with Crippen LogP contribution in [-0.2, 0) is 20.9 Å². The summed E-state index contributed by atoms with van der Waals surface area (Å²) in [4.78, 5) is 53.6. The van der Waals surface area contributed by atoms with E-state index in [9.17, 15) is 19.2 Å². The molecule has 0 saturated carbocycles. The van der Waals surface area contributed by atoms with Gasteiger partial charge in [0, 0.05) is 24.2 Å². The summed E-state index contributed by atoms with van der Waals surface area (Å²) in [6.45, 7) is 6.83. The molecular formula is C21H24N2O6. The van der Waals surface area contributed by atoms with Gasteiger partial charge in [-0.05, 0) is 45.4 Å². The van der Waals surface area contributed by atoms with Gasteiger partial charge in [-0.1, -0.05) is 0 Å². The van der Waals surface area contributed by atoms with Crippen molar-refractivity contribution in [3.63, 3.8) is 0 Å². The number of amides is 1. The maximum atomic E-state index is 12.7. The van der Waals surface area contributed by atoms with E-state index >= 15 is 0 Å². The van der Waals surface area contributed by atoms with Gasteiger partial charge in [0.15, 0.2) is 11.9 Å². The Morgan fingerprint density at radius 3 is 2.66 bits per heavy atom. The molecule has 0 unspecified atom stereocenters. The summed E-state index contributed by atoms with van der Waals surface area (Å²) in [6, 6.07) is 3.49. The van der Waals surface area contributed by atoms with Crippen LogP contribution in [0.15, 0.2) is 22.8 Å². The number of furan rings is 1. The number of aromatic nitrogens is 1. The van der Waals surface area contributed by atoms with Crippen LogP contribution in [0.4, 0.5) is 0 Å². The van der Waals surface area contributed by atoms with Crippen LogP contribution in [0.3, 0.4) is 0 Å². The van der Waals surface area contributed by atoms with Crippen LogP contribution >= 0.6 is 0 Å². The van der Waals surface area contributed by atoms with Crippen LogP contribution in [0.25, 0.3) is 0 Å². The third kappa shape index (κ3) is 4.16. The lowest BCUT2D eigenvalue weighted by molar-refractivity contribution is -0.151. The number of H-pyrrole nitrogens is 1. The molecule has 0 aromatic carbocycles. The Morgan fingerprint density at radius 2 is 2.07 bits per heavy atom. The van der Waals surface area contributed by atoms with E-state index in [1.165, 1.54) is 25.0 Å². The Bertz CT molecular complexity index is 956. The van der Waals surface area contributed by atoms with Crippen molar-refractivity contribution in [1.82, 2.24) is 9.88 Å². The molecule has 2 aromatic rings. The molecule has 8 nitrogen and oxygen atoms in total. The van der Waals surface area contributed by atoms with Crippen LogP contribution in [-0.4, -0.2) is 46.0 Å². The van der Waals surface area contributed by atoms with Crippen molar-refractivity contribution < 1.29 is 28.3 Å². The van der Waals surface area contributed by atoms with E-state index < -0.39 is 23.8 Å². The molecule has 0 radical (unpaired) electrons. The Morgan fingerprint density at radius 1 is 1.34 bits per heavy atom. The van der Waals surface area contributed by atoms with E-state index in [0.29, 0.717) is 29.1 Å². The number of likely N-dealkylation sites (tertiary alicyclic amines) is 1. The molecule has 1 fully saturated rings. The van der Waals surface area contributed by atoms with Gasteiger partial charge in [0.1, 0.15) is 5.76 Å². The maximum Gasteiger partial charge on any atom is 0.311 e. The summed E-state index contributed by atoms with van der Waals surface area (Å²) in [7, 11) is 0. The van der Waals surface area contributed by atoms with Crippen LogP contribution in [0, 0.1) is 19.8 Å². The number of rotatable bonds is 7. The van der Waals surface area contributed by atoms with Crippen molar-refractivity contribution in [2.75, 3.05) is 6.54 Å². The third-order valence-electron chi connectivity index (χ3n) is 5.17. The van der Waals surface area contributed by atoms with Crippen molar-refractivity contribution >= 4 is 23.4 Å². The van der Waals surface area contributed by atoms with Gasteiger partial charge < -0.3 is 19.0 Å². The first-order valence-electron chi connectivity index (χ1n) is 9.44. The minimum Gasteiger partial charge on any atom is -0.467 e. The molecule has 29 heavy (non-hydrogen) atoms. The van der Waals surface area contributed by atoms with Crippen LogP contribution in [0.1, 0.15) is 58.1 Å². The summed E-state index contributed by atoms with van der Waals surface area (Å²) in [5, 5.41) is 0. The smallest absolute Gasteiger partial charge is 0.311 e. The summed E-state index contributed by atoms with van der Waals surface area (Å²) < 4.78 is 10.6. The maximum absolute atomic E-state index is 12.7. The van der Waals surface area contributed by atoms with Crippen molar-refractivity contribution in [2.24, 2.45) is 5.92 Å². The molecule has 0 aliphatic carbocycles. The van der Waals surface area contributed by atoms with Crippen molar-refractivity contribution in [1.29, 1.82) is 0 Å². The molecule has 3 rings (SSSR count). The monoisotopic (exact) mass is 400 g/mol. The molecule has 3 heterocycles. The van der Waals surface area contributed by atoms with Crippen LogP contribution < -0.4 is 0 Å². The van der Waals surface area contributed by atoms with E-state index in [-0.39, 0.29) is 30.3 Å². The Labute approximate surface area is 168 Å². The van der Waals surface area contributed by atoms with Gasteiger partial charge >= 0.3 is 5.97 Å². The number of hydrogen-bond acceptors (Lipinski definition) is 6. The molecular weight excluding hydrogens is 376 g/mol. The summed E-state index contributed by atoms with van der Waals surface area (Å²) in [5.41, 5.74) is 1.88. The minimum atomic E-state index is -1.03. The first-order valence-corrected chi connectivity index (χ1v) is 9.44. The van der Waals surface area contributed by atoms with Crippen LogP contribution in [0.2, 0.25) is 0 Å². The number of esters is 1. The number of carbonyl (C=O) groups is 4. The molecule has 154 valence electrons. The summed E-state index contributed by atoms with van der Waals surface area (Å²) in [6.07, 6.45) is 0.528. The quantitative estimate of drug-likeness (QED) is 0.565.